The number of nitrogens with zero attached hydrogens (tertiary/aromatic N) is 2. The number of amides is 1. The van der Waals surface area contributed by atoms with Gasteiger partial charge in [-0.3, -0.25) is 14.9 Å². The Morgan fingerprint density at radius 3 is 2.50 bits per heavy atom. The quantitative estimate of drug-likeness (QED) is 0.421. The second-order valence-electron chi connectivity index (χ2n) is 6.73. The number of carbonyl (C=O) groups excluding carboxylic acids is 2. The first-order chi connectivity index (χ1) is 14.5. The van der Waals surface area contributed by atoms with E-state index in [1.165, 1.54) is 24.3 Å². The highest BCUT2D eigenvalue weighted by molar-refractivity contribution is 6.05. The molecule has 0 atom stereocenters. The molecule has 1 amide bonds. The van der Waals surface area contributed by atoms with Crippen molar-refractivity contribution in [3.63, 3.8) is 0 Å². The summed E-state index contributed by atoms with van der Waals surface area (Å²) >= 11 is 0. The number of ether oxygens (including phenoxy) is 2. The number of non-ortho nitro benzene ring substituents is 1. The van der Waals surface area contributed by atoms with Crippen LogP contribution in [0.2, 0.25) is 0 Å². The summed E-state index contributed by atoms with van der Waals surface area (Å²) in [5, 5.41) is 13.5. The minimum absolute atomic E-state index is 0.0950. The number of hydrogen-bond acceptors (Lipinski definition) is 7. The number of esters is 1. The molecule has 0 bridgehead atoms. The highest BCUT2D eigenvalue weighted by Gasteiger charge is 2.21. The zero-order valence-electron chi connectivity index (χ0n) is 16.6. The Kier molecular flexibility index (Phi) is 6.97. The van der Waals surface area contributed by atoms with Crippen molar-refractivity contribution in [2.75, 3.05) is 43.1 Å². The second kappa shape index (κ2) is 9.84. The number of carbonyl (C=O) groups is 2. The first-order valence-electron chi connectivity index (χ1n) is 9.69. The van der Waals surface area contributed by atoms with E-state index >= 15 is 0 Å². The molecule has 9 nitrogen and oxygen atoms in total. The molecule has 2 aromatic carbocycles. The van der Waals surface area contributed by atoms with E-state index in [0.717, 1.165) is 5.69 Å². The normalized spacial score (nSPS) is 13.6. The molecule has 1 heterocycles. The van der Waals surface area contributed by atoms with E-state index in [9.17, 15) is 19.7 Å². The lowest BCUT2D eigenvalue weighted by Crippen LogP contribution is -2.37. The van der Waals surface area contributed by atoms with Crippen LogP contribution < -0.4 is 10.2 Å². The number of anilines is 2. The highest BCUT2D eigenvalue weighted by atomic mass is 16.6. The molecule has 0 saturated carbocycles. The molecule has 1 aliphatic rings. The lowest BCUT2D eigenvalue weighted by molar-refractivity contribution is -0.384. The van der Waals surface area contributed by atoms with Crippen molar-refractivity contribution in [1.29, 1.82) is 0 Å². The van der Waals surface area contributed by atoms with E-state index < -0.39 is 16.8 Å². The Labute approximate surface area is 173 Å². The molecular weight excluding hydrogens is 390 g/mol. The van der Waals surface area contributed by atoms with Gasteiger partial charge in [-0.15, -0.1) is 0 Å². The summed E-state index contributed by atoms with van der Waals surface area (Å²) < 4.78 is 10.7. The molecule has 1 N–H and O–H groups in total. The van der Waals surface area contributed by atoms with Gasteiger partial charge in [0, 0.05) is 36.5 Å². The molecule has 1 fully saturated rings. The van der Waals surface area contributed by atoms with Gasteiger partial charge in [0.25, 0.3) is 11.6 Å². The van der Waals surface area contributed by atoms with Crippen molar-refractivity contribution in [3.05, 3.63) is 63.7 Å². The number of benzene rings is 2. The van der Waals surface area contributed by atoms with Crippen molar-refractivity contribution in [2.24, 2.45) is 0 Å². The molecule has 0 unspecified atom stereocenters. The highest BCUT2D eigenvalue weighted by Crippen LogP contribution is 2.27. The van der Waals surface area contributed by atoms with Gasteiger partial charge in [-0.1, -0.05) is 6.92 Å². The number of nitro groups is 1. The maximum atomic E-state index is 12.6. The lowest BCUT2D eigenvalue weighted by atomic mass is 10.1. The largest absolute Gasteiger partial charge is 0.462 e. The van der Waals surface area contributed by atoms with E-state index in [-0.39, 0.29) is 11.3 Å². The van der Waals surface area contributed by atoms with Crippen molar-refractivity contribution < 1.29 is 24.0 Å². The predicted molar refractivity (Wildman–Crippen MR) is 111 cm³/mol. The molecule has 0 aromatic heterocycles. The van der Waals surface area contributed by atoms with Crippen LogP contribution in [0.5, 0.6) is 0 Å². The Morgan fingerprint density at radius 1 is 1.17 bits per heavy atom. The first kappa shape index (κ1) is 21.3. The van der Waals surface area contributed by atoms with Crippen LogP contribution in [0.4, 0.5) is 17.1 Å². The fraction of sp³-hybridized carbons (Fsp3) is 0.333. The third-order valence-corrected chi connectivity index (χ3v) is 4.60. The fourth-order valence-electron chi connectivity index (χ4n) is 3.07. The van der Waals surface area contributed by atoms with Crippen LogP contribution in [-0.2, 0) is 9.47 Å². The van der Waals surface area contributed by atoms with Gasteiger partial charge >= 0.3 is 5.97 Å². The minimum atomic E-state index is -0.528. The number of rotatable bonds is 7. The summed E-state index contributed by atoms with van der Waals surface area (Å²) in [4.78, 5) is 37.4. The number of hydrogen-bond donors (Lipinski definition) is 1. The standard InChI is InChI=1S/C21H23N3O6/c1-2-11-30-21(26)18-14-16(5-8-19(18)23-9-12-29-13-10-23)22-20(25)15-3-6-17(7-4-15)24(27)28/h3-8,14H,2,9-13H2,1H3,(H,22,25). The van der Waals surface area contributed by atoms with Crippen LogP contribution in [-0.4, -0.2) is 49.7 Å². The first-order valence-corrected chi connectivity index (χ1v) is 9.69. The summed E-state index contributed by atoms with van der Waals surface area (Å²) in [5.41, 5.74) is 1.70. The van der Waals surface area contributed by atoms with Gasteiger partial charge in [0.15, 0.2) is 0 Å². The van der Waals surface area contributed by atoms with Crippen LogP contribution in [0.15, 0.2) is 42.5 Å². The smallest absolute Gasteiger partial charge is 0.340 e. The van der Waals surface area contributed by atoms with E-state index in [2.05, 4.69) is 5.32 Å². The number of nitrogens with one attached hydrogen (secondary N) is 1. The Hall–Kier alpha value is -3.46. The Bertz CT molecular complexity index is 923. The zero-order chi connectivity index (χ0) is 21.5. The Balaban J connectivity index is 1.82. The average molecular weight is 413 g/mol. The topological polar surface area (TPSA) is 111 Å². The van der Waals surface area contributed by atoms with Crippen molar-refractivity contribution in [3.8, 4) is 0 Å². The van der Waals surface area contributed by atoms with Gasteiger partial charge in [-0.25, -0.2) is 4.79 Å². The molecule has 1 aliphatic heterocycles. The van der Waals surface area contributed by atoms with Gasteiger partial charge in [0.05, 0.1) is 36.0 Å². The van der Waals surface area contributed by atoms with Crippen molar-refractivity contribution in [1.82, 2.24) is 0 Å². The molecule has 0 aliphatic carbocycles. The summed E-state index contributed by atoms with van der Waals surface area (Å²) in [6, 6.07) is 10.4. The van der Waals surface area contributed by atoms with Gasteiger partial charge in [0.2, 0.25) is 0 Å². The molecule has 3 rings (SSSR count). The van der Waals surface area contributed by atoms with Crippen molar-refractivity contribution >= 4 is 28.9 Å². The van der Waals surface area contributed by atoms with Gasteiger partial charge in [-0.2, -0.15) is 0 Å². The maximum absolute atomic E-state index is 12.6. The molecule has 158 valence electrons. The van der Waals surface area contributed by atoms with Gasteiger partial charge < -0.3 is 19.7 Å². The molecule has 1 saturated heterocycles. The van der Waals surface area contributed by atoms with E-state index in [1.807, 2.05) is 11.8 Å². The van der Waals surface area contributed by atoms with Gasteiger partial charge in [0.1, 0.15) is 0 Å². The van der Waals surface area contributed by atoms with Crippen LogP contribution >= 0.6 is 0 Å². The Morgan fingerprint density at radius 2 is 1.87 bits per heavy atom. The zero-order valence-corrected chi connectivity index (χ0v) is 16.6. The third-order valence-electron chi connectivity index (χ3n) is 4.60. The SMILES string of the molecule is CCCOC(=O)c1cc(NC(=O)c2ccc([N+](=O)[O-])cc2)ccc1N1CCOCC1. The average Bonchev–Trinajstić information content (AvgIpc) is 2.78. The molecule has 0 radical (unpaired) electrons. The molecule has 2 aromatic rings. The second-order valence-corrected chi connectivity index (χ2v) is 6.73. The third kappa shape index (κ3) is 5.12. The molecule has 0 spiro atoms. The summed E-state index contributed by atoms with van der Waals surface area (Å²) in [7, 11) is 0. The summed E-state index contributed by atoms with van der Waals surface area (Å²) in [6.45, 7) is 4.67. The minimum Gasteiger partial charge on any atom is -0.462 e. The predicted octanol–water partition coefficient (Wildman–Crippen LogP) is 3.25. The summed E-state index contributed by atoms with van der Waals surface area (Å²) in [5.74, 6) is -0.887. The van der Waals surface area contributed by atoms with Gasteiger partial charge in [-0.05, 0) is 36.8 Å². The molecular formula is C21H23N3O6. The van der Waals surface area contributed by atoms with E-state index in [1.54, 1.807) is 18.2 Å². The van der Waals surface area contributed by atoms with Crippen LogP contribution in [0.3, 0.4) is 0 Å². The fourth-order valence-corrected chi connectivity index (χ4v) is 3.07. The lowest BCUT2D eigenvalue weighted by Gasteiger charge is -2.30. The van der Waals surface area contributed by atoms with Crippen LogP contribution in [0.25, 0.3) is 0 Å². The number of nitro benzene ring substituents is 1. The number of morpholine rings is 1. The summed E-state index contributed by atoms with van der Waals surface area (Å²) in [6.07, 6.45) is 0.704. The van der Waals surface area contributed by atoms with Crippen molar-refractivity contribution in [2.45, 2.75) is 13.3 Å². The molecule has 30 heavy (non-hydrogen) atoms. The van der Waals surface area contributed by atoms with E-state index in [4.69, 9.17) is 9.47 Å². The van der Waals surface area contributed by atoms with Crippen LogP contribution in [0, 0.1) is 10.1 Å². The van der Waals surface area contributed by atoms with Crippen LogP contribution in [0.1, 0.15) is 34.1 Å². The monoisotopic (exact) mass is 413 g/mol. The maximum Gasteiger partial charge on any atom is 0.340 e. The molecule has 9 heteroatoms. The van der Waals surface area contributed by atoms with E-state index in [0.29, 0.717) is 50.6 Å².